The molecule has 1 saturated heterocycles. The molecule has 2 aliphatic heterocycles. The predicted molar refractivity (Wildman–Crippen MR) is 189 cm³/mol. The summed E-state index contributed by atoms with van der Waals surface area (Å²) in [6, 6.07) is 6.87. The lowest BCUT2D eigenvalue weighted by atomic mass is 9.86. The highest BCUT2D eigenvalue weighted by Gasteiger charge is 2.62. The molecule has 2 N–H and O–H groups in total. The number of nitrogens with zero attached hydrogens (tertiary/aromatic N) is 2. The molecular weight excluding hydrogens is 673 g/mol. The van der Waals surface area contributed by atoms with Crippen LogP contribution in [-0.2, 0) is 33.9 Å². The van der Waals surface area contributed by atoms with E-state index in [1.807, 2.05) is 30.3 Å². The summed E-state index contributed by atoms with van der Waals surface area (Å²) in [6.45, 7) is 4.12. The summed E-state index contributed by atoms with van der Waals surface area (Å²) in [5, 5.41) is 3.95. The van der Waals surface area contributed by atoms with Crippen LogP contribution < -0.4 is 14.8 Å². The maximum atomic E-state index is 14.6. The summed E-state index contributed by atoms with van der Waals surface area (Å²) < 4.78 is 39.7. The average molecular weight is 719 g/mol. The highest BCUT2D eigenvalue weighted by molar-refractivity contribution is 7.91. The monoisotopic (exact) mass is 718 g/mol. The molecule has 51 heavy (non-hydrogen) atoms. The summed E-state index contributed by atoms with van der Waals surface area (Å²) in [5.41, 5.74) is -0.534. The quantitative estimate of drug-likeness (QED) is 0.316. The number of hydrogen-bond donors (Lipinski definition) is 2. The van der Waals surface area contributed by atoms with Crippen molar-refractivity contribution in [3.63, 3.8) is 0 Å². The van der Waals surface area contributed by atoms with E-state index < -0.39 is 62.6 Å². The highest BCUT2D eigenvalue weighted by Crippen LogP contribution is 2.46. The summed E-state index contributed by atoms with van der Waals surface area (Å²) >= 11 is 0. The van der Waals surface area contributed by atoms with Crippen molar-refractivity contribution in [2.24, 2.45) is 17.8 Å². The number of allylic oxidation sites excluding steroid dienone is 1. The van der Waals surface area contributed by atoms with Crippen LogP contribution in [-0.4, -0.2) is 78.1 Å². The molecule has 0 unspecified atom stereocenters. The van der Waals surface area contributed by atoms with Gasteiger partial charge in [-0.25, -0.2) is 13.4 Å². The zero-order chi connectivity index (χ0) is 35.8. The van der Waals surface area contributed by atoms with E-state index in [1.165, 1.54) is 11.0 Å². The number of fused-ring (bicyclic) bond motifs is 3. The number of benzene rings is 1. The number of rotatable bonds is 7. The van der Waals surface area contributed by atoms with Crippen molar-refractivity contribution < 1.29 is 37.1 Å². The fourth-order valence-electron chi connectivity index (χ4n) is 7.95. The van der Waals surface area contributed by atoms with Crippen LogP contribution in [0.1, 0.15) is 82.6 Å². The van der Waals surface area contributed by atoms with Crippen LogP contribution in [0.25, 0.3) is 16.8 Å². The molecule has 3 amide bonds. The van der Waals surface area contributed by atoms with Crippen molar-refractivity contribution in [3.8, 4) is 5.88 Å². The second kappa shape index (κ2) is 14.4. The van der Waals surface area contributed by atoms with Gasteiger partial charge in [0.25, 0.3) is 5.91 Å². The Labute approximate surface area is 298 Å². The Morgan fingerprint density at radius 2 is 1.86 bits per heavy atom. The van der Waals surface area contributed by atoms with Gasteiger partial charge in [-0.15, -0.1) is 6.58 Å². The van der Waals surface area contributed by atoms with Crippen molar-refractivity contribution in [3.05, 3.63) is 54.8 Å². The lowest BCUT2D eigenvalue weighted by molar-refractivity contribution is -0.152. The summed E-state index contributed by atoms with van der Waals surface area (Å²) in [4.78, 5) is 61.6. The second-order valence-electron chi connectivity index (χ2n) is 14.7. The van der Waals surface area contributed by atoms with Crippen molar-refractivity contribution >= 4 is 50.6 Å². The summed E-state index contributed by atoms with van der Waals surface area (Å²) in [6.07, 6.45) is 13.7. The van der Waals surface area contributed by atoms with E-state index in [9.17, 15) is 27.6 Å². The Hall–Kier alpha value is -4.26. The number of carbonyl (C=O) groups is 4. The molecule has 5 atom stereocenters. The molecule has 272 valence electrons. The van der Waals surface area contributed by atoms with Gasteiger partial charge in [-0.3, -0.25) is 23.9 Å². The van der Waals surface area contributed by atoms with Crippen molar-refractivity contribution in [2.75, 3.05) is 13.2 Å². The number of nitrogens with one attached hydrogen (secondary N) is 2. The van der Waals surface area contributed by atoms with E-state index in [2.05, 4.69) is 27.7 Å². The molecule has 1 aromatic carbocycles. The number of amides is 3. The summed E-state index contributed by atoms with van der Waals surface area (Å²) in [7, 11) is -3.87. The van der Waals surface area contributed by atoms with E-state index in [4.69, 9.17) is 9.47 Å². The molecule has 7 rings (SSSR count). The SMILES string of the molecule is C=C[C@@H]1C[C@]1(NC(=O)[C@@H]1C[C@@H]2CN1C(=O)[C@H](C1CCCC1)CC(=O)OCCCC/C=C/c1ccc3ccnc(c3c1)O2)C(=O)NS(=O)(=O)C1CC1. The van der Waals surface area contributed by atoms with E-state index in [-0.39, 0.29) is 44.2 Å². The minimum atomic E-state index is -3.87. The third-order valence-corrected chi connectivity index (χ3v) is 13.0. The Bertz CT molecular complexity index is 1850. The largest absolute Gasteiger partial charge is 0.472 e. The lowest BCUT2D eigenvalue weighted by Gasteiger charge is -2.31. The molecule has 13 heteroatoms. The fourth-order valence-corrected chi connectivity index (χ4v) is 9.31. The van der Waals surface area contributed by atoms with E-state index in [0.717, 1.165) is 54.9 Å². The Morgan fingerprint density at radius 1 is 1.06 bits per heavy atom. The van der Waals surface area contributed by atoms with Gasteiger partial charge >= 0.3 is 5.97 Å². The number of esters is 1. The molecule has 3 aliphatic carbocycles. The van der Waals surface area contributed by atoms with Crippen LogP contribution in [0.15, 0.2) is 49.2 Å². The number of hydrogen-bond acceptors (Lipinski definition) is 9. The molecule has 3 saturated carbocycles. The van der Waals surface area contributed by atoms with Crippen LogP contribution in [0, 0.1) is 17.8 Å². The average Bonchev–Trinajstić information content (AvgIpc) is 3.99. The third kappa shape index (κ3) is 7.54. The molecule has 0 spiro atoms. The highest BCUT2D eigenvalue weighted by atomic mass is 32.2. The second-order valence-corrected chi connectivity index (χ2v) is 16.7. The van der Waals surface area contributed by atoms with Crippen LogP contribution in [0.3, 0.4) is 0 Å². The minimum absolute atomic E-state index is 0.0375. The van der Waals surface area contributed by atoms with Gasteiger partial charge in [0.15, 0.2) is 0 Å². The smallest absolute Gasteiger partial charge is 0.306 e. The van der Waals surface area contributed by atoms with Gasteiger partial charge in [-0.2, -0.15) is 0 Å². The predicted octanol–water partition coefficient (Wildman–Crippen LogP) is 4.19. The van der Waals surface area contributed by atoms with Crippen LogP contribution >= 0.6 is 0 Å². The molecule has 1 aromatic heterocycles. The number of sulfonamides is 1. The van der Waals surface area contributed by atoms with Gasteiger partial charge in [0, 0.05) is 23.9 Å². The van der Waals surface area contributed by atoms with Crippen LogP contribution in [0.4, 0.5) is 0 Å². The normalized spacial score (nSPS) is 29.7. The van der Waals surface area contributed by atoms with Crippen molar-refractivity contribution in [1.82, 2.24) is 19.9 Å². The van der Waals surface area contributed by atoms with Gasteiger partial charge in [-0.05, 0) is 80.4 Å². The number of pyridine rings is 1. The fraction of sp³-hybridized carbons (Fsp3) is 0.553. The maximum Gasteiger partial charge on any atom is 0.306 e. The molecule has 2 aromatic rings. The number of cyclic esters (lactones) is 1. The van der Waals surface area contributed by atoms with Gasteiger partial charge in [0.2, 0.25) is 27.7 Å². The third-order valence-electron chi connectivity index (χ3n) is 11.1. The van der Waals surface area contributed by atoms with E-state index in [0.29, 0.717) is 25.1 Å². The molecule has 3 heterocycles. The van der Waals surface area contributed by atoms with E-state index in [1.54, 1.807) is 6.20 Å². The number of aromatic nitrogens is 1. The van der Waals surface area contributed by atoms with Gasteiger partial charge in [0.05, 0.1) is 30.7 Å². The van der Waals surface area contributed by atoms with Gasteiger partial charge < -0.3 is 19.7 Å². The van der Waals surface area contributed by atoms with Crippen LogP contribution in [0.2, 0.25) is 0 Å². The molecule has 5 aliphatic rings. The van der Waals surface area contributed by atoms with Gasteiger partial charge in [0.1, 0.15) is 17.7 Å². The number of carbonyl (C=O) groups excluding carboxylic acids is 4. The molecule has 4 fully saturated rings. The number of ether oxygens (including phenoxy) is 2. The lowest BCUT2D eigenvalue weighted by Crippen LogP contribution is -2.57. The van der Waals surface area contributed by atoms with Crippen molar-refractivity contribution in [1.29, 1.82) is 0 Å². The minimum Gasteiger partial charge on any atom is -0.472 e. The zero-order valence-corrected chi connectivity index (χ0v) is 29.6. The first-order valence-electron chi connectivity index (χ1n) is 18.3. The molecule has 4 bridgehead atoms. The summed E-state index contributed by atoms with van der Waals surface area (Å²) in [5.74, 6) is -2.98. The first kappa shape index (κ1) is 35.2. The van der Waals surface area contributed by atoms with Crippen LogP contribution in [0.5, 0.6) is 5.88 Å². The standard InChI is InChI=1S/C38H46N4O8S/c1-2-27-22-38(27,37(46)41-51(47,48)29-14-15-29)40-34(44)32-20-28-23-42(32)36(45)31(25-10-6-7-11-25)21-33(43)49-18-8-4-3-5-9-24-12-13-26-16-17-39-35(50-28)30(26)19-24/h2,5,9,12-13,16-17,19,25,27-29,31-32H,1,3-4,6-8,10-11,14-15,18,20-23H2,(H,40,44)(H,41,46)/b9-5+/t27-,28-,31+,32+,38-/m1/s1. The topological polar surface area (TPSA) is 161 Å². The van der Waals surface area contributed by atoms with Gasteiger partial charge in [-0.1, -0.05) is 43.2 Å². The molecular formula is C38H46N4O8S. The Balaban J connectivity index is 1.20. The maximum absolute atomic E-state index is 14.6. The molecule has 0 radical (unpaired) electrons. The Kier molecular flexibility index (Phi) is 9.93. The Morgan fingerprint density at radius 3 is 2.61 bits per heavy atom. The molecule has 12 nitrogen and oxygen atoms in total. The van der Waals surface area contributed by atoms with Crippen molar-refractivity contribution in [2.45, 2.75) is 100.0 Å². The zero-order valence-electron chi connectivity index (χ0n) is 28.8. The van der Waals surface area contributed by atoms with E-state index >= 15 is 0 Å². The first-order chi connectivity index (χ1) is 24.6. The first-order valence-corrected chi connectivity index (χ1v) is 19.8.